The van der Waals surface area contributed by atoms with E-state index in [0.29, 0.717) is 13.0 Å². The predicted molar refractivity (Wildman–Crippen MR) is 135 cm³/mol. The molecular weight excluding hydrogens is 444 g/mol. The maximum atomic E-state index is 12.6. The third kappa shape index (κ3) is 7.07. The van der Waals surface area contributed by atoms with Crippen LogP contribution in [-0.4, -0.2) is 42.3 Å². The van der Waals surface area contributed by atoms with Crippen LogP contribution in [0.2, 0.25) is 0 Å². The Labute approximate surface area is 207 Å². The molecule has 0 radical (unpaired) electrons. The SMILES string of the molecule is CCCC(CC(=O)NCC(CC(=O)O)C(C)C)NC(=O)OCC1c2ccccc2-c2ccccc21. The molecule has 0 heterocycles. The minimum atomic E-state index is -0.876. The zero-order valence-electron chi connectivity index (χ0n) is 20.8. The summed E-state index contributed by atoms with van der Waals surface area (Å²) in [5.41, 5.74) is 4.62. The number of benzene rings is 2. The van der Waals surface area contributed by atoms with Gasteiger partial charge in [0.1, 0.15) is 6.61 Å². The molecule has 188 valence electrons. The molecule has 0 bridgehead atoms. The molecule has 2 aromatic rings. The number of alkyl carbamates (subject to hydrolysis) is 1. The van der Waals surface area contributed by atoms with E-state index in [1.807, 2.05) is 45.0 Å². The molecule has 3 rings (SSSR count). The Morgan fingerprint density at radius 1 is 0.971 bits per heavy atom. The molecule has 2 aromatic carbocycles. The van der Waals surface area contributed by atoms with Crippen LogP contribution in [0.5, 0.6) is 0 Å². The summed E-state index contributed by atoms with van der Waals surface area (Å²) in [6.45, 7) is 6.39. The zero-order chi connectivity index (χ0) is 25.4. The first-order chi connectivity index (χ1) is 16.8. The number of carbonyl (C=O) groups is 3. The first kappa shape index (κ1) is 26.3. The summed E-state index contributed by atoms with van der Waals surface area (Å²) in [4.78, 5) is 36.2. The van der Waals surface area contributed by atoms with E-state index < -0.39 is 12.1 Å². The Kier molecular flexibility index (Phi) is 9.29. The smallest absolute Gasteiger partial charge is 0.407 e. The van der Waals surface area contributed by atoms with Gasteiger partial charge in [-0.15, -0.1) is 0 Å². The molecule has 2 amide bonds. The molecular formula is C28H36N2O5. The molecule has 35 heavy (non-hydrogen) atoms. The average Bonchev–Trinajstić information content (AvgIpc) is 3.14. The van der Waals surface area contributed by atoms with Crippen LogP contribution in [0.15, 0.2) is 48.5 Å². The predicted octanol–water partition coefficient (Wildman–Crippen LogP) is 4.95. The first-order valence-electron chi connectivity index (χ1n) is 12.4. The summed E-state index contributed by atoms with van der Waals surface area (Å²) in [6, 6.07) is 16.0. The molecule has 0 saturated heterocycles. The van der Waals surface area contributed by atoms with E-state index in [0.717, 1.165) is 17.5 Å². The summed E-state index contributed by atoms with van der Waals surface area (Å²) in [6.07, 6.45) is 1.03. The summed E-state index contributed by atoms with van der Waals surface area (Å²) in [5, 5.41) is 14.8. The molecule has 0 saturated carbocycles. The van der Waals surface area contributed by atoms with E-state index in [1.165, 1.54) is 11.1 Å². The Hall–Kier alpha value is -3.35. The second-order valence-corrected chi connectivity index (χ2v) is 9.57. The zero-order valence-corrected chi connectivity index (χ0v) is 20.8. The van der Waals surface area contributed by atoms with Crippen LogP contribution < -0.4 is 10.6 Å². The summed E-state index contributed by atoms with van der Waals surface area (Å²) in [7, 11) is 0. The lowest BCUT2D eigenvalue weighted by molar-refractivity contribution is -0.138. The van der Waals surface area contributed by atoms with Gasteiger partial charge in [0.25, 0.3) is 0 Å². The number of fused-ring (bicyclic) bond motifs is 3. The normalized spacial score (nSPS) is 14.1. The number of ether oxygens (including phenoxy) is 1. The molecule has 7 heteroatoms. The van der Waals surface area contributed by atoms with Crippen molar-refractivity contribution in [1.82, 2.24) is 10.6 Å². The fourth-order valence-corrected chi connectivity index (χ4v) is 4.69. The quantitative estimate of drug-likeness (QED) is 0.399. The summed E-state index contributed by atoms with van der Waals surface area (Å²) < 4.78 is 5.62. The van der Waals surface area contributed by atoms with Gasteiger partial charge in [-0.3, -0.25) is 9.59 Å². The maximum Gasteiger partial charge on any atom is 0.407 e. The first-order valence-corrected chi connectivity index (χ1v) is 12.4. The van der Waals surface area contributed by atoms with Crippen molar-refractivity contribution in [2.75, 3.05) is 13.2 Å². The number of aliphatic carboxylic acids is 1. The largest absolute Gasteiger partial charge is 0.481 e. The lowest BCUT2D eigenvalue weighted by Gasteiger charge is -2.22. The number of hydrogen-bond donors (Lipinski definition) is 3. The lowest BCUT2D eigenvalue weighted by atomic mass is 9.92. The molecule has 2 unspecified atom stereocenters. The number of rotatable bonds is 12. The van der Waals surface area contributed by atoms with Crippen molar-refractivity contribution in [3.63, 3.8) is 0 Å². The minimum absolute atomic E-state index is 0.00827. The van der Waals surface area contributed by atoms with Crippen molar-refractivity contribution < 1.29 is 24.2 Å². The number of carboxylic acid groups (broad SMARTS) is 1. The van der Waals surface area contributed by atoms with E-state index in [1.54, 1.807) is 0 Å². The topological polar surface area (TPSA) is 105 Å². The van der Waals surface area contributed by atoms with E-state index in [-0.39, 0.29) is 49.2 Å². The van der Waals surface area contributed by atoms with E-state index >= 15 is 0 Å². The van der Waals surface area contributed by atoms with Crippen LogP contribution in [0.25, 0.3) is 11.1 Å². The van der Waals surface area contributed by atoms with Gasteiger partial charge < -0.3 is 20.5 Å². The fourth-order valence-electron chi connectivity index (χ4n) is 4.69. The molecule has 1 aliphatic rings. The molecule has 1 aliphatic carbocycles. The molecule has 0 aliphatic heterocycles. The highest BCUT2D eigenvalue weighted by atomic mass is 16.5. The second-order valence-electron chi connectivity index (χ2n) is 9.57. The van der Waals surface area contributed by atoms with Gasteiger partial charge in [0.15, 0.2) is 0 Å². The molecule has 3 N–H and O–H groups in total. The standard InChI is InChI=1S/C28H36N2O5/c1-4-9-20(15-26(31)29-16-19(18(2)3)14-27(32)33)30-28(34)35-17-25-23-12-7-5-10-21(23)22-11-6-8-13-24(22)25/h5-8,10-13,18-20,25H,4,9,14-17H2,1-3H3,(H,29,31)(H,30,34)(H,32,33). The van der Waals surface area contributed by atoms with Crippen LogP contribution in [0, 0.1) is 11.8 Å². The van der Waals surface area contributed by atoms with Gasteiger partial charge in [-0.2, -0.15) is 0 Å². The molecule has 7 nitrogen and oxygen atoms in total. The van der Waals surface area contributed by atoms with E-state index in [2.05, 4.69) is 34.9 Å². The lowest BCUT2D eigenvalue weighted by Crippen LogP contribution is -2.41. The third-order valence-corrected chi connectivity index (χ3v) is 6.68. The highest BCUT2D eigenvalue weighted by Crippen LogP contribution is 2.44. The summed E-state index contributed by atoms with van der Waals surface area (Å²) >= 11 is 0. The fraction of sp³-hybridized carbons (Fsp3) is 0.464. The highest BCUT2D eigenvalue weighted by Gasteiger charge is 2.29. The van der Waals surface area contributed by atoms with E-state index in [9.17, 15) is 14.4 Å². The van der Waals surface area contributed by atoms with E-state index in [4.69, 9.17) is 9.84 Å². The van der Waals surface area contributed by atoms with Crippen molar-refractivity contribution in [2.45, 2.75) is 58.4 Å². The molecule has 0 aromatic heterocycles. The Bertz CT molecular complexity index is 990. The van der Waals surface area contributed by atoms with Crippen LogP contribution in [0.4, 0.5) is 4.79 Å². The summed E-state index contributed by atoms with van der Waals surface area (Å²) in [5.74, 6) is -1.12. The van der Waals surface area contributed by atoms with Crippen LogP contribution in [-0.2, 0) is 14.3 Å². The minimum Gasteiger partial charge on any atom is -0.481 e. The molecule has 0 fully saturated rings. The van der Waals surface area contributed by atoms with Crippen LogP contribution in [0.3, 0.4) is 0 Å². The Balaban J connectivity index is 1.54. The molecule has 0 spiro atoms. The Morgan fingerprint density at radius 3 is 2.11 bits per heavy atom. The van der Waals surface area contributed by atoms with Gasteiger partial charge in [0, 0.05) is 24.9 Å². The van der Waals surface area contributed by atoms with Gasteiger partial charge in [-0.05, 0) is 40.5 Å². The van der Waals surface area contributed by atoms with Crippen molar-refractivity contribution in [3.05, 3.63) is 59.7 Å². The van der Waals surface area contributed by atoms with Crippen molar-refractivity contribution in [3.8, 4) is 11.1 Å². The average molecular weight is 481 g/mol. The number of nitrogens with one attached hydrogen (secondary N) is 2. The Morgan fingerprint density at radius 2 is 1.57 bits per heavy atom. The molecule has 2 atom stereocenters. The maximum absolute atomic E-state index is 12.6. The monoisotopic (exact) mass is 480 g/mol. The second kappa shape index (κ2) is 12.4. The van der Waals surface area contributed by atoms with Gasteiger partial charge in [0.2, 0.25) is 5.91 Å². The third-order valence-electron chi connectivity index (χ3n) is 6.68. The van der Waals surface area contributed by atoms with Gasteiger partial charge in [0.05, 0.1) is 6.42 Å². The van der Waals surface area contributed by atoms with Crippen molar-refractivity contribution in [2.24, 2.45) is 11.8 Å². The van der Waals surface area contributed by atoms with Crippen LogP contribution in [0.1, 0.15) is 63.5 Å². The number of carbonyl (C=O) groups excluding carboxylic acids is 2. The van der Waals surface area contributed by atoms with Gasteiger partial charge in [-0.25, -0.2) is 4.79 Å². The number of hydrogen-bond acceptors (Lipinski definition) is 4. The van der Waals surface area contributed by atoms with Gasteiger partial charge >= 0.3 is 12.1 Å². The van der Waals surface area contributed by atoms with Crippen molar-refractivity contribution in [1.29, 1.82) is 0 Å². The van der Waals surface area contributed by atoms with Crippen LogP contribution >= 0.6 is 0 Å². The van der Waals surface area contributed by atoms with Gasteiger partial charge in [-0.1, -0.05) is 75.7 Å². The van der Waals surface area contributed by atoms with Crippen molar-refractivity contribution >= 4 is 18.0 Å². The highest BCUT2D eigenvalue weighted by molar-refractivity contribution is 5.79. The number of carboxylic acids is 1. The number of amides is 2.